The van der Waals surface area contributed by atoms with E-state index in [1.807, 2.05) is 0 Å². The van der Waals surface area contributed by atoms with E-state index < -0.39 is 0 Å². The van der Waals surface area contributed by atoms with Crippen LogP contribution in [0.25, 0.3) is 71.3 Å². The highest BCUT2D eigenvalue weighted by Gasteiger charge is 2.24. The van der Waals surface area contributed by atoms with E-state index in [2.05, 4.69) is 210 Å². The number of anilines is 3. The van der Waals surface area contributed by atoms with Crippen LogP contribution in [0.1, 0.15) is 43.6 Å². The Morgan fingerprint density at radius 1 is 0.414 bits per heavy atom. The molecular weight excluding hydrogens is 701 g/mol. The molecule has 1 aliphatic carbocycles. The zero-order valence-electron chi connectivity index (χ0n) is 32.6. The number of benzene rings is 9. The number of hydrogen-bond acceptors (Lipinski definition) is 1. The maximum Gasteiger partial charge on any atom is 0.0547 e. The predicted octanol–water partition coefficient (Wildman–Crippen LogP) is 15.9. The zero-order chi connectivity index (χ0) is 38.4. The van der Waals surface area contributed by atoms with Crippen molar-refractivity contribution in [3.8, 4) is 27.9 Å². The van der Waals surface area contributed by atoms with Gasteiger partial charge in [-0.3, -0.25) is 0 Å². The predicted molar refractivity (Wildman–Crippen MR) is 247 cm³/mol. The van der Waals surface area contributed by atoms with Gasteiger partial charge in [0.25, 0.3) is 0 Å². The third-order valence-electron chi connectivity index (χ3n) is 12.6. The molecule has 10 aromatic rings. The Morgan fingerprint density at radius 2 is 1.03 bits per heavy atom. The second kappa shape index (κ2) is 14.6. The van der Waals surface area contributed by atoms with Gasteiger partial charge in [-0.25, -0.2) is 0 Å². The Balaban J connectivity index is 1.15. The van der Waals surface area contributed by atoms with E-state index >= 15 is 0 Å². The number of fused-ring (bicyclic) bond motifs is 5. The Morgan fingerprint density at radius 3 is 1.93 bits per heavy atom. The SMILES string of the molecule is c1ccc(-n2c3ccccc3c3c(-c4cccc(N(c5ccccc5-c5cccc6cccc(C7CCCCC7)c56)c5cccc6ccccc56)c4)cccc32)cc1. The minimum atomic E-state index is 0.590. The quantitative estimate of drug-likeness (QED) is 0.158. The van der Waals surface area contributed by atoms with Crippen molar-refractivity contribution >= 4 is 60.4 Å². The van der Waals surface area contributed by atoms with Gasteiger partial charge in [0.05, 0.1) is 22.4 Å². The molecule has 0 saturated heterocycles. The van der Waals surface area contributed by atoms with E-state index in [-0.39, 0.29) is 0 Å². The lowest BCUT2D eigenvalue weighted by Crippen LogP contribution is -2.12. The fraction of sp³-hybridized carbons (Fsp3) is 0.107. The Labute approximate surface area is 340 Å². The normalized spacial score (nSPS) is 13.4. The summed E-state index contributed by atoms with van der Waals surface area (Å²) in [6.07, 6.45) is 6.50. The van der Waals surface area contributed by atoms with Crippen LogP contribution in [0.2, 0.25) is 0 Å². The largest absolute Gasteiger partial charge is 0.309 e. The molecule has 0 N–H and O–H groups in total. The van der Waals surface area contributed by atoms with Crippen LogP contribution in [0.5, 0.6) is 0 Å². The van der Waals surface area contributed by atoms with Crippen molar-refractivity contribution in [2.75, 3.05) is 4.90 Å². The summed E-state index contributed by atoms with van der Waals surface area (Å²) in [4.78, 5) is 2.51. The van der Waals surface area contributed by atoms with Crippen molar-refractivity contribution in [3.05, 3.63) is 206 Å². The summed E-state index contributed by atoms with van der Waals surface area (Å²) in [7, 11) is 0. The maximum atomic E-state index is 2.51. The first kappa shape index (κ1) is 34.4. The van der Waals surface area contributed by atoms with Gasteiger partial charge in [-0.2, -0.15) is 0 Å². The zero-order valence-corrected chi connectivity index (χ0v) is 32.6. The van der Waals surface area contributed by atoms with Crippen molar-refractivity contribution in [2.24, 2.45) is 0 Å². The smallest absolute Gasteiger partial charge is 0.0547 e. The summed E-state index contributed by atoms with van der Waals surface area (Å²) in [6.45, 7) is 0. The minimum absolute atomic E-state index is 0.590. The van der Waals surface area contributed by atoms with Crippen LogP contribution in [0.4, 0.5) is 17.1 Å². The molecule has 1 aliphatic rings. The van der Waals surface area contributed by atoms with Gasteiger partial charge in [0.15, 0.2) is 0 Å². The van der Waals surface area contributed by atoms with Crippen molar-refractivity contribution < 1.29 is 0 Å². The van der Waals surface area contributed by atoms with E-state index in [4.69, 9.17) is 0 Å². The van der Waals surface area contributed by atoms with E-state index in [0.717, 1.165) is 11.4 Å². The van der Waals surface area contributed by atoms with E-state index in [1.54, 1.807) is 0 Å². The molecule has 0 amide bonds. The van der Waals surface area contributed by atoms with Crippen molar-refractivity contribution in [1.82, 2.24) is 4.57 Å². The summed E-state index contributed by atoms with van der Waals surface area (Å²) in [5.41, 5.74) is 13.5. The highest BCUT2D eigenvalue weighted by molar-refractivity contribution is 6.16. The number of aromatic nitrogens is 1. The molecule has 58 heavy (non-hydrogen) atoms. The van der Waals surface area contributed by atoms with Crippen molar-refractivity contribution in [2.45, 2.75) is 38.0 Å². The lowest BCUT2D eigenvalue weighted by atomic mass is 9.80. The molecule has 2 heteroatoms. The Hall–Kier alpha value is -6.90. The molecule has 2 nitrogen and oxygen atoms in total. The summed E-state index contributed by atoms with van der Waals surface area (Å²) in [5, 5.41) is 7.68. The van der Waals surface area contributed by atoms with Gasteiger partial charge in [-0.15, -0.1) is 0 Å². The molecule has 0 aliphatic heterocycles. The third kappa shape index (κ3) is 5.79. The standard InChI is InChI=1S/C56H44N2/c1-3-18-40(19-4-1)46-31-14-22-41-23-15-33-49(55(41)46)48-29-9-11-34-52(48)58(51-36-16-21-39-20-7-8-28-45(39)51)44-27-13-24-42(38-44)47-32-17-37-54-56(47)50-30-10-12-35-53(50)57(54)43-25-5-2-6-26-43/h2,5-17,20-38,40H,1,3-4,18-19H2. The molecule has 0 bridgehead atoms. The molecule has 1 heterocycles. The summed E-state index contributed by atoms with van der Waals surface area (Å²) >= 11 is 0. The average molecular weight is 745 g/mol. The molecule has 0 atom stereocenters. The maximum absolute atomic E-state index is 2.51. The molecule has 1 aromatic heterocycles. The second-order valence-electron chi connectivity index (χ2n) is 15.9. The van der Waals surface area contributed by atoms with Crippen LogP contribution >= 0.6 is 0 Å². The molecule has 0 spiro atoms. The van der Waals surface area contributed by atoms with E-state index in [0.29, 0.717) is 5.92 Å². The van der Waals surface area contributed by atoms with Gasteiger partial charge < -0.3 is 9.47 Å². The molecule has 1 saturated carbocycles. The molecule has 0 unspecified atom stereocenters. The molecule has 9 aromatic carbocycles. The van der Waals surface area contributed by atoms with Crippen LogP contribution in [0, 0.1) is 0 Å². The Kier molecular flexibility index (Phi) is 8.62. The lowest BCUT2D eigenvalue weighted by molar-refractivity contribution is 0.445. The first-order valence-corrected chi connectivity index (χ1v) is 20.9. The highest BCUT2D eigenvalue weighted by atomic mass is 15.1. The number of rotatable bonds is 7. The van der Waals surface area contributed by atoms with Gasteiger partial charge in [0.1, 0.15) is 0 Å². The fourth-order valence-corrected chi connectivity index (χ4v) is 9.98. The van der Waals surface area contributed by atoms with Gasteiger partial charge in [0, 0.05) is 33.1 Å². The van der Waals surface area contributed by atoms with Crippen molar-refractivity contribution in [3.63, 3.8) is 0 Å². The van der Waals surface area contributed by atoms with Crippen LogP contribution in [-0.2, 0) is 0 Å². The van der Waals surface area contributed by atoms with Gasteiger partial charge in [-0.05, 0) is 106 Å². The van der Waals surface area contributed by atoms with Gasteiger partial charge in [0.2, 0.25) is 0 Å². The van der Waals surface area contributed by atoms with E-state index in [1.165, 1.54) is 115 Å². The van der Waals surface area contributed by atoms with Gasteiger partial charge in [-0.1, -0.05) is 171 Å². The molecule has 0 radical (unpaired) electrons. The molecular formula is C56H44N2. The van der Waals surface area contributed by atoms with Gasteiger partial charge >= 0.3 is 0 Å². The number of para-hydroxylation sites is 3. The molecule has 278 valence electrons. The Bertz CT molecular complexity index is 3100. The summed E-state index contributed by atoms with van der Waals surface area (Å²) in [5.74, 6) is 0.590. The van der Waals surface area contributed by atoms with Crippen molar-refractivity contribution in [1.29, 1.82) is 0 Å². The van der Waals surface area contributed by atoms with Crippen LogP contribution in [-0.4, -0.2) is 4.57 Å². The third-order valence-corrected chi connectivity index (χ3v) is 12.6. The lowest BCUT2D eigenvalue weighted by Gasteiger charge is -2.30. The average Bonchev–Trinajstić information content (AvgIpc) is 3.64. The fourth-order valence-electron chi connectivity index (χ4n) is 9.98. The summed E-state index contributed by atoms with van der Waals surface area (Å²) in [6, 6.07) is 74.0. The first-order chi connectivity index (χ1) is 28.8. The summed E-state index contributed by atoms with van der Waals surface area (Å²) < 4.78 is 2.41. The molecule has 11 rings (SSSR count). The second-order valence-corrected chi connectivity index (χ2v) is 15.9. The first-order valence-electron chi connectivity index (χ1n) is 20.9. The van der Waals surface area contributed by atoms with Crippen LogP contribution < -0.4 is 4.90 Å². The van der Waals surface area contributed by atoms with E-state index in [9.17, 15) is 0 Å². The van der Waals surface area contributed by atoms with Crippen LogP contribution in [0.15, 0.2) is 200 Å². The molecule has 1 fully saturated rings. The highest BCUT2D eigenvalue weighted by Crippen LogP contribution is 2.48. The minimum Gasteiger partial charge on any atom is -0.309 e. The monoisotopic (exact) mass is 744 g/mol. The number of hydrogen-bond donors (Lipinski definition) is 0. The topological polar surface area (TPSA) is 8.17 Å². The number of nitrogens with zero attached hydrogens (tertiary/aromatic N) is 2. The van der Waals surface area contributed by atoms with Crippen LogP contribution in [0.3, 0.4) is 0 Å².